The Morgan fingerprint density at radius 3 is 2.93 bits per heavy atom. The minimum Gasteiger partial charge on any atom is -0.330 e. The van der Waals surface area contributed by atoms with Crippen molar-refractivity contribution in [3.05, 3.63) is 16.9 Å². The molecular formula is C10H16ClN3O. The minimum absolute atomic E-state index is 0.0114. The van der Waals surface area contributed by atoms with Gasteiger partial charge in [-0.05, 0) is 19.4 Å². The predicted molar refractivity (Wildman–Crippen MR) is 60.1 cm³/mol. The van der Waals surface area contributed by atoms with Crippen molar-refractivity contribution in [2.45, 2.75) is 26.8 Å². The summed E-state index contributed by atoms with van der Waals surface area (Å²) in [5.74, 6) is 0.186. The maximum absolute atomic E-state index is 11.9. The van der Waals surface area contributed by atoms with Crippen molar-refractivity contribution in [2.75, 3.05) is 6.54 Å². The lowest BCUT2D eigenvalue weighted by Gasteiger charge is -2.08. The fourth-order valence-corrected chi connectivity index (χ4v) is 1.62. The summed E-state index contributed by atoms with van der Waals surface area (Å²) >= 11 is 5.91. The summed E-state index contributed by atoms with van der Waals surface area (Å²) in [6.45, 7) is 5.01. The van der Waals surface area contributed by atoms with Gasteiger partial charge in [-0.2, -0.15) is 5.10 Å². The Morgan fingerprint density at radius 1 is 1.73 bits per heavy atom. The van der Waals surface area contributed by atoms with Gasteiger partial charge < -0.3 is 5.73 Å². The lowest BCUT2D eigenvalue weighted by molar-refractivity contribution is 0.0955. The molecule has 4 nitrogen and oxygen atoms in total. The Balaban J connectivity index is 2.85. The van der Waals surface area contributed by atoms with Gasteiger partial charge in [-0.25, -0.2) is 0 Å². The molecule has 0 aromatic carbocycles. The number of nitrogens with zero attached hydrogens (tertiary/aromatic N) is 2. The molecule has 0 radical (unpaired) electrons. The summed E-state index contributed by atoms with van der Waals surface area (Å²) in [5, 5.41) is 4.44. The summed E-state index contributed by atoms with van der Waals surface area (Å²) < 4.78 is 1.62. The fraction of sp³-hybridized carbons (Fsp3) is 0.600. The zero-order valence-electron chi connectivity index (χ0n) is 9.03. The molecule has 0 aliphatic heterocycles. The molecule has 15 heavy (non-hydrogen) atoms. The number of aromatic nitrogens is 2. The number of hydrogen-bond donors (Lipinski definition) is 1. The highest BCUT2D eigenvalue weighted by Gasteiger charge is 2.18. The second-order valence-electron chi connectivity index (χ2n) is 3.63. The van der Waals surface area contributed by atoms with E-state index < -0.39 is 0 Å². The zero-order valence-corrected chi connectivity index (χ0v) is 9.79. The second kappa shape index (κ2) is 5.28. The predicted octanol–water partition coefficient (Wildman–Crippen LogP) is 1.72. The van der Waals surface area contributed by atoms with E-state index in [9.17, 15) is 4.79 Å². The monoisotopic (exact) mass is 229 g/mol. The van der Waals surface area contributed by atoms with Crippen molar-refractivity contribution in [1.29, 1.82) is 0 Å². The van der Waals surface area contributed by atoms with Gasteiger partial charge in [0.05, 0.1) is 11.2 Å². The third-order valence-electron chi connectivity index (χ3n) is 2.29. The molecule has 1 rings (SSSR count). The molecule has 0 aliphatic rings. The van der Waals surface area contributed by atoms with E-state index in [1.807, 2.05) is 13.8 Å². The van der Waals surface area contributed by atoms with E-state index in [1.54, 1.807) is 4.68 Å². The van der Waals surface area contributed by atoms with Gasteiger partial charge in [0, 0.05) is 13.0 Å². The molecule has 1 aromatic heterocycles. The van der Waals surface area contributed by atoms with Crippen molar-refractivity contribution in [2.24, 2.45) is 11.7 Å². The van der Waals surface area contributed by atoms with E-state index in [2.05, 4.69) is 5.10 Å². The van der Waals surface area contributed by atoms with Crippen molar-refractivity contribution in [3.8, 4) is 0 Å². The van der Waals surface area contributed by atoms with Gasteiger partial charge in [-0.3, -0.25) is 9.48 Å². The first-order valence-corrected chi connectivity index (χ1v) is 5.42. The Hall–Kier alpha value is -0.870. The highest BCUT2D eigenvalue weighted by atomic mass is 35.5. The Bertz CT molecular complexity index is 348. The fourth-order valence-electron chi connectivity index (χ4n) is 1.38. The molecule has 0 aliphatic carbocycles. The largest absolute Gasteiger partial charge is 0.330 e. The standard InChI is InChI=1S/C10H16ClN3O/c1-3-14-10(8(11)6-13-14)9(15)4-7(2)5-12/h6-7H,3-5,12H2,1-2H3. The first-order valence-electron chi connectivity index (χ1n) is 5.04. The summed E-state index contributed by atoms with van der Waals surface area (Å²) in [6.07, 6.45) is 1.92. The molecule has 0 spiro atoms. The van der Waals surface area contributed by atoms with Crippen LogP contribution in [0.2, 0.25) is 5.02 Å². The van der Waals surface area contributed by atoms with Crippen LogP contribution in [0.4, 0.5) is 0 Å². The molecule has 0 saturated carbocycles. The van der Waals surface area contributed by atoms with Crippen LogP contribution in [-0.2, 0) is 6.54 Å². The number of carbonyl (C=O) groups is 1. The topological polar surface area (TPSA) is 60.9 Å². The molecule has 0 fully saturated rings. The van der Waals surface area contributed by atoms with Gasteiger partial charge in [0.2, 0.25) is 0 Å². The van der Waals surface area contributed by atoms with Crippen LogP contribution in [0.5, 0.6) is 0 Å². The van der Waals surface area contributed by atoms with Crippen molar-refractivity contribution < 1.29 is 4.79 Å². The molecular weight excluding hydrogens is 214 g/mol. The van der Waals surface area contributed by atoms with E-state index in [0.29, 0.717) is 30.2 Å². The van der Waals surface area contributed by atoms with Gasteiger partial charge in [0.15, 0.2) is 5.78 Å². The van der Waals surface area contributed by atoms with E-state index in [0.717, 1.165) is 0 Å². The Kier molecular flexibility index (Phi) is 4.29. The summed E-state index contributed by atoms with van der Waals surface area (Å²) in [4.78, 5) is 11.9. The normalized spacial score (nSPS) is 12.8. The summed E-state index contributed by atoms with van der Waals surface area (Å²) in [5.41, 5.74) is 5.97. The maximum atomic E-state index is 11.9. The third kappa shape index (κ3) is 2.79. The SMILES string of the molecule is CCn1ncc(Cl)c1C(=O)CC(C)CN. The molecule has 0 saturated heterocycles. The number of hydrogen-bond acceptors (Lipinski definition) is 3. The van der Waals surface area contributed by atoms with E-state index in [-0.39, 0.29) is 11.7 Å². The van der Waals surface area contributed by atoms with Gasteiger partial charge in [-0.1, -0.05) is 18.5 Å². The second-order valence-corrected chi connectivity index (χ2v) is 4.03. The number of carbonyl (C=O) groups excluding carboxylic acids is 1. The summed E-state index contributed by atoms with van der Waals surface area (Å²) in [6, 6.07) is 0. The number of nitrogens with two attached hydrogens (primary N) is 1. The van der Waals surface area contributed by atoms with Crippen LogP contribution in [0.3, 0.4) is 0 Å². The first kappa shape index (κ1) is 12.2. The Labute approximate surface area is 94.4 Å². The molecule has 84 valence electrons. The van der Waals surface area contributed by atoms with Gasteiger partial charge >= 0.3 is 0 Å². The molecule has 1 atom stereocenters. The average molecular weight is 230 g/mol. The van der Waals surface area contributed by atoms with Crippen LogP contribution in [0.1, 0.15) is 30.8 Å². The average Bonchev–Trinajstić information content (AvgIpc) is 2.59. The van der Waals surface area contributed by atoms with Gasteiger partial charge in [0.1, 0.15) is 5.69 Å². The number of rotatable bonds is 5. The Morgan fingerprint density at radius 2 is 2.40 bits per heavy atom. The highest BCUT2D eigenvalue weighted by molar-refractivity contribution is 6.33. The van der Waals surface area contributed by atoms with Crippen LogP contribution in [0, 0.1) is 5.92 Å². The molecule has 2 N–H and O–H groups in total. The number of ketones is 1. The van der Waals surface area contributed by atoms with Crippen molar-refractivity contribution >= 4 is 17.4 Å². The van der Waals surface area contributed by atoms with E-state index in [4.69, 9.17) is 17.3 Å². The lowest BCUT2D eigenvalue weighted by atomic mass is 10.0. The van der Waals surface area contributed by atoms with Crippen molar-refractivity contribution in [3.63, 3.8) is 0 Å². The maximum Gasteiger partial charge on any atom is 0.182 e. The molecule has 1 unspecified atom stereocenters. The zero-order chi connectivity index (χ0) is 11.4. The molecule has 1 heterocycles. The number of halogens is 1. The first-order chi connectivity index (χ1) is 7.10. The summed E-state index contributed by atoms with van der Waals surface area (Å²) in [7, 11) is 0. The molecule has 1 aromatic rings. The van der Waals surface area contributed by atoms with Crippen LogP contribution in [0.25, 0.3) is 0 Å². The van der Waals surface area contributed by atoms with Gasteiger partial charge in [0.25, 0.3) is 0 Å². The molecule has 0 bridgehead atoms. The molecule has 0 amide bonds. The number of Topliss-reactive ketones (excluding diaryl/α,β-unsaturated/α-hetero) is 1. The highest BCUT2D eigenvalue weighted by Crippen LogP contribution is 2.18. The number of aryl methyl sites for hydroxylation is 1. The van der Waals surface area contributed by atoms with Crippen LogP contribution < -0.4 is 5.73 Å². The van der Waals surface area contributed by atoms with Crippen molar-refractivity contribution in [1.82, 2.24) is 9.78 Å². The van der Waals surface area contributed by atoms with E-state index in [1.165, 1.54) is 6.20 Å². The molecule has 5 heteroatoms. The minimum atomic E-state index is 0.0114. The van der Waals surface area contributed by atoms with Gasteiger partial charge in [-0.15, -0.1) is 0 Å². The van der Waals surface area contributed by atoms with Crippen LogP contribution in [0.15, 0.2) is 6.20 Å². The lowest BCUT2D eigenvalue weighted by Crippen LogP contribution is -2.18. The van der Waals surface area contributed by atoms with Crippen LogP contribution >= 0.6 is 11.6 Å². The quantitative estimate of drug-likeness (QED) is 0.783. The van der Waals surface area contributed by atoms with E-state index >= 15 is 0 Å². The third-order valence-corrected chi connectivity index (χ3v) is 2.57. The smallest absolute Gasteiger partial charge is 0.182 e. The van der Waals surface area contributed by atoms with Crippen LogP contribution in [-0.4, -0.2) is 22.1 Å².